The summed E-state index contributed by atoms with van der Waals surface area (Å²) in [5, 5.41) is 4.19. The van der Waals surface area contributed by atoms with Gasteiger partial charge in [-0.2, -0.15) is 0 Å². The van der Waals surface area contributed by atoms with Crippen molar-refractivity contribution < 1.29 is 0 Å². The molecule has 0 fully saturated rings. The number of rotatable bonds is 5. The Morgan fingerprint density at radius 1 is 1.56 bits per heavy atom. The number of benzene rings is 1. The number of halogens is 2. The largest absolute Gasteiger partial charge is 0.309 e. The third-order valence-electron chi connectivity index (χ3n) is 2.45. The monoisotopic (exact) mass is 299 g/mol. The maximum atomic E-state index is 6.10. The minimum Gasteiger partial charge on any atom is -0.309 e. The number of nitrogens with one attached hydrogen (secondary N) is 1. The van der Waals surface area contributed by atoms with Crippen molar-refractivity contribution >= 4 is 27.5 Å². The molecule has 1 aromatic carbocycles. The van der Waals surface area contributed by atoms with E-state index < -0.39 is 0 Å². The molecule has 1 atom stereocenters. The molecule has 0 saturated heterocycles. The molecule has 0 heterocycles. The van der Waals surface area contributed by atoms with Gasteiger partial charge in [0.25, 0.3) is 0 Å². The van der Waals surface area contributed by atoms with Gasteiger partial charge in [-0.3, -0.25) is 0 Å². The lowest BCUT2D eigenvalue weighted by Gasteiger charge is -2.14. The highest BCUT2D eigenvalue weighted by atomic mass is 79.9. The van der Waals surface area contributed by atoms with E-state index in [1.54, 1.807) is 0 Å². The Hall–Kier alpha value is -0.490. The minimum absolute atomic E-state index is 0.361. The zero-order valence-corrected chi connectivity index (χ0v) is 11.6. The van der Waals surface area contributed by atoms with Gasteiger partial charge in [0.15, 0.2) is 0 Å². The molecule has 0 radical (unpaired) electrons. The predicted octanol–water partition coefficient (Wildman–Crippen LogP) is 3.99. The van der Waals surface area contributed by atoms with Crippen molar-refractivity contribution in [2.45, 2.75) is 32.4 Å². The molecule has 0 aliphatic heterocycles. The maximum absolute atomic E-state index is 6.10. The van der Waals surface area contributed by atoms with E-state index in [1.165, 1.54) is 0 Å². The molecule has 1 rings (SSSR count). The van der Waals surface area contributed by atoms with Gasteiger partial charge in [-0.15, -0.1) is 12.3 Å². The molecule has 0 spiro atoms. The summed E-state index contributed by atoms with van der Waals surface area (Å²) in [5.74, 6) is 2.68. The second kappa shape index (κ2) is 6.96. The Kier molecular flexibility index (Phi) is 5.90. The quantitative estimate of drug-likeness (QED) is 0.811. The van der Waals surface area contributed by atoms with Crippen LogP contribution >= 0.6 is 27.5 Å². The van der Waals surface area contributed by atoms with Gasteiger partial charge >= 0.3 is 0 Å². The standard InChI is InChI=1S/C13H15BrClN/c1-3-5-12(4-2)16-9-10-8-11(14)6-7-13(10)15/h1,6-8,12,16H,4-5,9H2,2H3. The molecule has 0 aliphatic carbocycles. The molecule has 0 saturated carbocycles. The fraction of sp³-hybridized carbons (Fsp3) is 0.385. The van der Waals surface area contributed by atoms with E-state index in [9.17, 15) is 0 Å². The van der Waals surface area contributed by atoms with Crippen LogP contribution in [0.3, 0.4) is 0 Å². The topological polar surface area (TPSA) is 12.0 Å². The van der Waals surface area contributed by atoms with Crippen molar-refractivity contribution in [3.05, 3.63) is 33.3 Å². The molecule has 0 aromatic heterocycles. The van der Waals surface area contributed by atoms with Crippen LogP contribution in [0.1, 0.15) is 25.3 Å². The van der Waals surface area contributed by atoms with Gasteiger partial charge in [-0.25, -0.2) is 0 Å². The predicted molar refractivity (Wildman–Crippen MR) is 73.5 cm³/mol. The molecule has 1 nitrogen and oxygen atoms in total. The fourth-order valence-corrected chi connectivity index (χ4v) is 2.03. The van der Waals surface area contributed by atoms with Gasteiger partial charge in [-0.1, -0.05) is 34.5 Å². The first-order valence-corrected chi connectivity index (χ1v) is 6.45. The lowest BCUT2D eigenvalue weighted by Crippen LogP contribution is -2.27. The number of terminal acetylenes is 1. The van der Waals surface area contributed by atoms with E-state index in [4.69, 9.17) is 18.0 Å². The van der Waals surface area contributed by atoms with Crippen molar-refractivity contribution in [2.24, 2.45) is 0 Å². The van der Waals surface area contributed by atoms with Gasteiger partial charge < -0.3 is 5.32 Å². The summed E-state index contributed by atoms with van der Waals surface area (Å²) in [6, 6.07) is 6.22. The van der Waals surface area contributed by atoms with Crippen LogP contribution in [0.25, 0.3) is 0 Å². The van der Waals surface area contributed by atoms with Crippen LogP contribution in [-0.2, 0) is 6.54 Å². The number of hydrogen-bond donors (Lipinski definition) is 1. The Labute approximate surface area is 111 Å². The highest BCUT2D eigenvalue weighted by molar-refractivity contribution is 9.10. The summed E-state index contributed by atoms with van der Waals surface area (Å²) < 4.78 is 1.04. The van der Waals surface area contributed by atoms with Crippen LogP contribution in [0.4, 0.5) is 0 Å². The Balaban J connectivity index is 2.60. The summed E-state index contributed by atoms with van der Waals surface area (Å²) in [6.07, 6.45) is 7.08. The first-order chi connectivity index (χ1) is 7.67. The smallest absolute Gasteiger partial charge is 0.0451 e. The first-order valence-electron chi connectivity index (χ1n) is 5.28. The van der Waals surface area contributed by atoms with Gasteiger partial charge in [0.05, 0.1) is 0 Å². The Morgan fingerprint density at radius 2 is 2.31 bits per heavy atom. The van der Waals surface area contributed by atoms with E-state index in [1.807, 2.05) is 18.2 Å². The highest BCUT2D eigenvalue weighted by Crippen LogP contribution is 2.21. The molecule has 0 amide bonds. The summed E-state index contributed by atoms with van der Waals surface area (Å²) in [5.41, 5.74) is 1.09. The zero-order valence-electron chi connectivity index (χ0n) is 9.26. The number of hydrogen-bond acceptors (Lipinski definition) is 1. The van der Waals surface area contributed by atoms with Crippen LogP contribution in [0.2, 0.25) is 5.02 Å². The molecule has 86 valence electrons. The second-order valence-electron chi connectivity index (χ2n) is 3.63. The molecule has 0 bridgehead atoms. The van der Waals surface area contributed by atoms with Crippen LogP contribution in [0.5, 0.6) is 0 Å². The average molecular weight is 301 g/mol. The van der Waals surface area contributed by atoms with E-state index in [0.29, 0.717) is 6.04 Å². The van der Waals surface area contributed by atoms with Crippen LogP contribution in [0, 0.1) is 12.3 Å². The van der Waals surface area contributed by atoms with Gasteiger partial charge in [0.1, 0.15) is 0 Å². The van der Waals surface area contributed by atoms with Crippen LogP contribution in [0.15, 0.2) is 22.7 Å². The Bertz CT molecular complexity index is 384. The van der Waals surface area contributed by atoms with Crippen molar-refractivity contribution in [3.63, 3.8) is 0 Å². The molecule has 16 heavy (non-hydrogen) atoms. The van der Waals surface area contributed by atoms with E-state index in [-0.39, 0.29) is 0 Å². The molecule has 3 heteroatoms. The van der Waals surface area contributed by atoms with E-state index in [0.717, 1.165) is 34.4 Å². The normalized spacial score (nSPS) is 12.1. The third-order valence-corrected chi connectivity index (χ3v) is 3.31. The van der Waals surface area contributed by atoms with Crippen LogP contribution in [-0.4, -0.2) is 6.04 Å². The lowest BCUT2D eigenvalue weighted by molar-refractivity contribution is 0.507. The SMILES string of the molecule is C#CCC(CC)NCc1cc(Br)ccc1Cl. The second-order valence-corrected chi connectivity index (χ2v) is 4.95. The van der Waals surface area contributed by atoms with Gasteiger partial charge in [-0.05, 0) is 30.2 Å². The maximum Gasteiger partial charge on any atom is 0.0451 e. The van der Waals surface area contributed by atoms with Crippen molar-refractivity contribution in [2.75, 3.05) is 0 Å². The molecule has 1 unspecified atom stereocenters. The van der Waals surface area contributed by atoms with Crippen molar-refractivity contribution in [1.29, 1.82) is 0 Å². The van der Waals surface area contributed by atoms with Crippen LogP contribution < -0.4 is 5.32 Å². The fourth-order valence-electron chi connectivity index (χ4n) is 1.44. The summed E-state index contributed by atoms with van der Waals surface area (Å²) in [6.45, 7) is 2.87. The van der Waals surface area contributed by atoms with Crippen molar-refractivity contribution in [3.8, 4) is 12.3 Å². The summed E-state index contributed by atoms with van der Waals surface area (Å²) in [7, 11) is 0. The van der Waals surface area contributed by atoms with Gasteiger partial charge in [0, 0.05) is 28.5 Å². The zero-order chi connectivity index (χ0) is 12.0. The van der Waals surface area contributed by atoms with E-state index in [2.05, 4.69) is 34.1 Å². The highest BCUT2D eigenvalue weighted by Gasteiger charge is 2.06. The minimum atomic E-state index is 0.361. The molecule has 1 aromatic rings. The molecule has 1 N–H and O–H groups in total. The summed E-state index contributed by atoms with van der Waals surface area (Å²) in [4.78, 5) is 0. The lowest BCUT2D eigenvalue weighted by atomic mass is 10.1. The summed E-state index contributed by atoms with van der Waals surface area (Å²) >= 11 is 9.53. The average Bonchev–Trinajstić information content (AvgIpc) is 2.28. The van der Waals surface area contributed by atoms with Crippen molar-refractivity contribution in [1.82, 2.24) is 5.32 Å². The third kappa shape index (κ3) is 4.17. The molecule has 0 aliphatic rings. The molecular formula is C13H15BrClN. The first kappa shape index (κ1) is 13.6. The van der Waals surface area contributed by atoms with E-state index >= 15 is 0 Å². The molecular weight excluding hydrogens is 286 g/mol. The van der Waals surface area contributed by atoms with Gasteiger partial charge in [0.2, 0.25) is 0 Å². The Morgan fingerprint density at radius 3 is 2.94 bits per heavy atom.